The van der Waals surface area contributed by atoms with Gasteiger partial charge in [-0.3, -0.25) is 0 Å². The van der Waals surface area contributed by atoms with Crippen molar-refractivity contribution in [1.82, 2.24) is 0 Å². The van der Waals surface area contributed by atoms with Gasteiger partial charge in [-0.25, -0.2) is 0 Å². The normalized spacial score (nSPS) is 19.9. The van der Waals surface area contributed by atoms with Crippen LogP contribution < -0.4 is 0 Å². The van der Waals surface area contributed by atoms with Crippen LogP contribution in [0, 0.1) is 0 Å². The summed E-state index contributed by atoms with van der Waals surface area (Å²) in [6, 6.07) is 29.1. The van der Waals surface area contributed by atoms with E-state index in [0.29, 0.717) is 0 Å². The van der Waals surface area contributed by atoms with Gasteiger partial charge in [0.1, 0.15) is 5.76 Å². The van der Waals surface area contributed by atoms with E-state index in [2.05, 4.69) is 80.6 Å². The van der Waals surface area contributed by atoms with Crippen LogP contribution in [0.25, 0.3) is 11.1 Å². The average Bonchev–Trinajstić information content (AvgIpc) is 3.08. The van der Waals surface area contributed by atoms with Crippen LogP contribution in [0.4, 0.5) is 0 Å². The molecule has 0 amide bonds. The molecule has 1 nitrogen and oxygen atoms in total. The minimum Gasteiger partial charge on any atom is -0.478 e. The number of rotatable bonds is 6. The minimum atomic E-state index is -0.678. The zero-order chi connectivity index (χ0) is 21.0. The Balaban J connectivity index is 2.01. The van der Waals surface area contributed by atoms with Crippen LogP contribution >= 0.6 is 11.6 Å². The number of halogens is 1. The quantitative estimate of drug-likeness (QED) is 0.369. The SMILES string of the molecule is CCCC/C=C1\OC(C)(c2ccccc2Cl)C(c2ccccc2)=C1c1ccccc1. The highest BCUT2D eigenvalue weighted by Crippen LogP contribution is 2.54. The molecule has 0 saturated heterocycles. The highest BCUT2D eigenvalue weighted by atomic mass is 35.5. The molecule has 1 heterocycles. The lowest BCUT2D eigenvalue weighted by atomic mass is 9.81. The van der Waals surface area contributed by atoms with Gasteiger partial charge < -0.3 is 4.74 Å². The molecule has 3 aromatic carbocycles. The molecule has 0 spiro atoms. The first-order valence-corrected chi connectivity index (χ1v) is 11.0. The van der Waals surface area contributed by atoms with E-state index in [0.717, 1.165) is 57.9 Å². The molecule has 0 aliphatic carbocycles. The Morgan fingerprint density at radius 3 is 2.07 bits per heavy atom. The smallest absolute Gasteiger partial charge is 0.159 e. The topological polar surface area (TPSA) is 9.23 Å². The molecule has 1 atom stereocenters. The summed E-state index contributed by atoms with van der Waals surface area (Å²) in [5.74, 6) is 0.941. The Morgan fingerprint density at radius 1 is 0.833 bits per heavy atom. The second-order valence-corrected chi connectivity index (χ2v) is 8.22. The second kappa shape index (κ2) is 8.93. The number of ether oxygens (including phenoxy) is 1. The molecule has 152 valence electrons. The van der Waals surface area contributed by atoms with Gasteiger partial charge in [0.15, 0.2) is 5.60 Å². The van der Waals surface area contributed by atoms with Crippen molar-refractivity contribution >= 4 is 22.7 Å². The maximum Gasteiger partial charge on any atom is 0.159 e. The Morgan fingerprint density at radius 2 is 1.43 bits per heavy atom. The molecule has 3 aromatic rings. The number of unbranched alkanes of at least 4 members (excludes halogenated alkanes) is 2. The Hall–Kier alpha value is -2.77. The predicted octanol–water partition coefficient (Wildman–Crippen LogP) is 8.27. The molecule has 4 rings (SSSR count). The van der Waals surface area contributed by atoms with E-state index in [1.54, 1.807) is 0 Å². The maximum atomic E-state index is 6.80. The first kappa shape index (κ1) is 20.5. The van der Waals surface area contributed by atoms with E-state index in [1.165, 1.54) is 0 Å². The summed E-state index contributed by atoms with van der Waals surface area (Å²) < 4.78 is 6.80. The van der Waals surface area contributed by atoms with Crippen molar-refractivity contribution in [3.05, 3.63) is 118 Å². The summed E-state index contributed by atoms with van der Waals surface area (Å²) in [4.78, 5) is 0. The predicted molar refractivity (Wildman–Crippen MR) is 127 cm³/mol. The van der Waals surface area contributed by atoms with Gasteiger partial charge in [-0.1, -0.05) is 104 Å². The van der Waals surface area contributed by atoms with Crippen LogP contribution in [0.1, 0.15) is 49.8 Å². The lowest BCUT2D eigenvalue weighted by Crippen LogP contribution is -2.23. The minimum absolute atomic E-state index is 0.678. The first-order chi connectivity index (χ1) is 14.6. The summed E-state index contributed by atoms with van der Waals surface area (Å²) in [7, 11) is 0. The molecule has 1 aliphatic heterocycles. The van der Waals surface area contributed by atoms with Gasteiger partial charge in [-0.15, -0.1) is 0 Å². The van der Waals surface area contributed by atoms with Crippen LogP contribution in [0.2, 0.25) is 5.02 Å². The fourth-order valence-electron chi connectivity index (χ4n) is 4.22. The zero-order valence-electron chi connectivity index (χ0n) is 17.6. The zero-order valence-corrected chi connectivity index (χ0v) is 18.3. The van der Waals surface area contributed by atoms with E-state index >= 15 is 0 Å². The molecule has 0 bridgehead atoms. The van der Waals surface area contributed by atoms with Crippen molar-refractivity contribution in [2.75, 3.05) is 0 Å². The number of benzene rings is 3. The highest BCUT2D eigenvalue weighted by Gasteiger charge is 2.45. The number of hydrogen-bond acceptors (Lipinski definition) is 1. The summed E-state index contributed by atoms with van der Waals surface area (Å²) in [6.07, 6.45) is 5.53. The third-order valence-corrected chi connectivity index (χ3v) is 6.02. The Labute approximate surface area is 184 Å². The molecule has 2 heteroatoms. The lowest BCUT2D eigenvalue weighted by molar-refractivity contribution is 0.0916. The summed E-state index contributed by atoms with van der Waals surface area (Å²) >= 11 is 6.69. The fourth-order valence-corrected chi connectivity index (χ4v) is 4.53. The third kappa shape index (κ3) is 3.82. The molecular weight excluding hydrogens is 388 g/mol. The molecule has 30 heavy (non-hydrogen) atoms. The van der Waals surface area contributed by atoms with Crippen LogP contribution in [-0.4, -0.2) is 0 Å². The van der Waals surface area contributed by atoms with Gasteiger partial charge in [-0.05, 0) is 43.0 Å². The van der Waals surface area contributed by atoms with Gasteiger partial charge >= 0.3 is 0 Å². The van der Waals surface area contributed by atoms with Crippen LogP contribution in [0.3, 0.4) is 0 Å². The number of allylic oxidation sites excluding steroid dienone is 2. The van der Waals surface area contributed by atoms with Crippen molar-refractivity contribution in [1.29, 1.82) is 0 Å². The van der Waals surface area contributed by atoms with Crippen LogP contribution in [0.5, 0.6) is 0 Å². The first-order valence-electron chi connectivity index (χ1n) is 10.6. The number of hydrogen-bond donors (Lipinski definition) is 0. The molecular formula is C28H27ClO. The molecule has 1 unspecified atom stereocenters. The Kier molecular flexibility index (Phi) is 6.11. The maximum absolute atomic E-state index is 6.80. The van der Waals surface area contributed by atoms with E-state index in [-0.39, 0.29) is 0 Å². The molecule has 0 N–H and O–H groups in total. The van der Waals surface area contributed by atoms with Crippen molar-refractivity contribution in [3.63, 3.8) is 0 Å². The van der Waals surface area contributed by atoms with Crippen LogP contribution in [0.15, 0.2) is 96.8 Å². The lowest BCUT2D eigenvalue weighted by Gasteiger charge is -2.29. The summed E-state index contributed by atoms with van der Waals surface area (Å²) in [6.45, 7) is 4.35. The molecule has 0 radical (unpaired) electrons. The van der Waals surface area contributed by atoms with E-state index < -0.39 is 5.60 Å². The van der Waals surface area contributed by atoms with Gasteiger partial charge in [0, 0.05) is 21.7 Å². The van der Waals surface area contributed by atoms with E-state index in [9.17, 15) is 0 Å². The molecule has 0 saturated carbocycles. The summed E-state index contributed by atoms with van der Waals surface area (Å²) in [5.41, 5.74) is 4.93. The third-order valence-electron chi connectivity index (χ3n) is 5.69. The second-order valence-electron chi connectivity index (χ2n) is 7.81. The van der Waals surface area contributed by atoms with Crippen molar-refractivity contribution < 1.29 is 4.74 Å². The molecule has 0 aromatic heterocycles. The van der Waals surface area contributed by atoms with Crippen LogP contribution in [-0.2, 0) is 10.3 Å². The largest absolute Gasteiger partial charge is 0.478 e. The van der Waals surface area contributed by atoms with E-state index in [1.807, 2.05) is 24.3 Å². The average molecular weight is 415 g/mol. The van der Waals surface area contributed by atoms with Crippen molar-refractivity contribution in [2.24, 2.45) is 0 Å². The summed E-state index contributed by atoms with van der Waals surface area (Å²) in [5, 5.41) is 0.718. The van der Waals surface area contributed by atoms with Crippen molar-refractivity contribution in [2.45, 2.75) is 38.7 Å². The standard InChI is InChI=1S/C28H27ClO/c1-3-4-7-20-25-26(21-14-8-5-9-15-21)27(22-16-10-6-11-17-22)28(2,30-25)23-18-12-13-19-24(23)29/h5-6,8-20H,3-4,7H2,1-2H3/b25-20-. The Bertz CT molecular complexity index is 1070. The highest BCUT2D eigenvalue weighted by molar-refractivity contribution is 6.31. The van der Waals surface area contributed by atoms with E-state index in [4.69, 9.17) is 16.3 Å². The van der Waals surface area contributed by atoms with Gasteiger partial charge in [0.25, 0.3) is 0 Å². The van der Waals surface area contributed by atoms with Gasteiger partial charge in [0.05, 0.1) is 0 Å². The molecule has 0 fully saturated rings. The fraction of sp³-hybridized carbons (Fsp3) is 0.214. The van der Waals surface area contributed by atoms with Gasteiger partial charge in [-0.2, -0.15) is 0 Å². The molecule has 1 aliphatic rings. The monoisotopic (exact) mass is 414 g/mol. The van der Waals surface area contributed by atoms with Gasteiger partial charge in [0.2, 0.25) is 0 Å². The van der Waals surface area contributed by atoms with Crippen molar-refractivity contribution in [3.8, 4) is 0 Å².